The fourth-order valence-corrected chi connectivity index (χ4v) is 3.52. The summed E-state index contributed by atoms with van der Waals surface area (Å²) in [6, 6.07) is 14.1. The van der Waals surface area contributed by atoms with Gasteiger partial charge in [-0.1, -0.05) is 18.2 Å². The monoisotopic (exact) mass is 394 g/mol. The molecule has 0 spiro atoms. The molecule has 0 saturated carbocycles. The first kappa shape index (κ1) is 20.7. The molecule has 152 valence electrons. The van der Waals surface area contributed by atoms with Crippen molar-refractivity contribution < 1.29 is 9.18 Å². The van der Waals surface area contributed by atoms with Crippen LogP contribution in [0.15, 0.2) is 54.7 Å². The Morgan fingerprint density at radius 3 is 2.62 bits per heavy atom. The van der Waals surface area contributed by atoms with Crippen molar-refractivity contribution in [1.82, 2.24) is 19.8 Å². The molecule has 1 atom stereocenters. The predicted molar refractivity (Wildman–Crippen MR) is 112 cm³/mol. The molecular formula is C23H27FN4O. The van der Waals surface area contributed by atoms with Gasteiger partial charge in [-0.25, -0.2) is 4.39 Å². The van der Waals surface area contributed by atoms with Crippen LogP contribution in [0.4, 0.5) is 4.39 Å². The quantitative estimate of drug-likeness (QED) is 0.664. The third kappa shape index (κ3) is 4.90. The Bertz CT molecular complexity index is 982. The molecule has 1 amide bonds. The maximum Gasteiger partial charge on any atom is 0.253 e. The molecule has 0 aliphatic carbocycles. The Morgan fingerprint density at radius 2 is 1.97 bits per heavy atom. The van der Waals surface area contributed by atoms with E-state index in [1.165, 1.54) is 12.1 Å². The lowest BCUT2D eigenvalue weighted by molar-refractivity contribution is 0.0941. The van der Waals surface area contributed by atoms with Gasteiger partial charge >= 0.3 is 0 Å². The van der Waals surface area contributed by atoms with Crippen LogP contribution in [-0.4, -0.2) is 41.0 Å². The lowest BCUT2D eigenvalue weighted by Crippen LogP contribution is -2.34. The summed E-state index contributed by atoms with van der Waals surface area (Å²) in [5.74, 6) is -0.410. The highest BCUT2D eigenvalue weighted by Gasteiger charge is 2.19. The Kier molecular flexibility index (Phi) is 6.44. The van der Waals surface area contributed by atoms with Gasteiger partial charge in [0.15, 0.2) is 0 Å². The van der Waals surface area contributed by atoms with Crippen LogP contribution in [0.5, 0.6) is 0 Å². The second-order valence-electron chi connectivity index (χ2n) is 7.44. The van der Waals surface area contributed by atoms with Gasteiger partial charge in [-0.3, -0.25) is 9.78 Å². The lowest BCUT2D eigenvalue weighted by Gasteiger charge is -2.25. The van der Waals surface area contributed by atoms with Crippen molar-refractivity contribution in [2.24, 2.45) is 0 Å². The summed E-state index contributed by atoms with van der Waals surface area (Å²) < 4.78 is 15.7. The van der Waals surface area contributed by atoms with Crippen LogP contribution in [0.2, 0.25) is 0 Å². The van der Waals surface area contributed by atoms with Gasteiger partial charge in [0.1, 0.15) is 5.82 Å². The zero-order chi connectivity index (χ0) is 21.0. The molecule has 0 saturated heterocycles. The average Bonchev–Trinajstić information content (AvgIpc) is 2.97. The number of hydrogen-bond acceptors (Lipinski definition) is 3. The summed E-state index contributed by atoms with van der Waals surface area (Å²) in [7, 11) is 3.83. The maximum atomic E-state index is 13.6. The summed E-state index contributed by atoms with van der Waals surface area (Å²) in [5, 5.41) is 3.01. The molecule has 3 aromatic rings. The topological polar surface area (TPSA) is 50.2 Å². The first-order chi connectivity index (χ1) is 13.9. The first-order valence-corrected chi connectivity index (χ1v) is 9.63. The number of aryl methyl sites for hydroxylation is 1. The molecule has 0 aliphatic rings. The molecular weight excluding hydrogens is 367 g/mol. The zero-order valence-electron chi connectivity index (χ0n) is 17.3. The number of likely N-dealkylation sites (N-methyl/N-ethyl adjacent to an activating group) is 1. The van der Waals surface area contributed by atoms with Crippen molar-refractivity contribution in [1.29, 1.82) is 0 Å². The molecule has 3 rings (SSSR count). The van der Waals surface area contributed by atoms with Crippen molar-refractivity contribution >= 4 is 5.91 Å². The van der Waals surface area contributed by atoms with Gasteiger partial charge in [0.2, 0.25) is 0 Å². The molecule has 1 unspecified atom stereocenters. The van der Waals surface area contributed by atoms with Crippen molar-refractivity contribution in [3.8, 4) is 0 Å². The van der Waals surface area contributed by atoms with Crippen LogP contribution >= 0.6 is 0 Å². The molecule has 2 aromatic heterocycles. The lowest BCUT2D eigenvalue weighted by atomic mass is 10.1. The molecule has 5 nitrogen and oxygen atoms in total. The molecule has 0 fully saturated rings. The third-order valence-electron chi connectivity index (χ3n) is 5.18. The van der Waals surface area contributed by atoms with E-state index in [0.717, 1.165) is 22.6 Å². The van der Waals surface area contributed by atoms with E-state index in [1.807, 2.05) is 63.2 Å². The number of benzene rings is 1. The van der Waals surface area contributed by atoms with E-state index in [-0.39, 0.29) is 17.8 Å². The number of rotatable bonds is 7. The Hall–Kier alpha value is -2.99. The Balaban J connectivity index is 1.74. The van der Waals surface area contributed by atoms with E-state index in [4.69, 9.17) is 0 Å². The summed E-state index contributed by atoms with van der Waals surface area (Å²) in [4.78, 5) is 19.2. The van der Waals surface area contributed by atoms with E-state index in [9.17, 15) is 9.18 Å². The number of aromatic nitrogens is 2. The molecule has 2 heterocycles. The van der Waals surface area contributed by atoms with Gasteiger partial charge in [0, 0.05) is 24.1 Å². The number of nitrogens with one attached hydrogen (secondary N) is 1. The second-order valence-corrected chi connectivity index (χ2v) is 7.44. The van der Waals surface area contributed by atoms with Crippen molar-refractivity contribution in [3.63, 3.8) is 0 Å². The Morgan fingerprint density at radius 1 is 1.17 bits per heavy atom. The highest BCUT2D eigenvalue weighted by molar-refractivity contribution is 5.95. The predicted octanol–water partition coefficient (Wildman–Crippen LogP) is 3.72. The molecule has 0 aliphatic heterocycles. The summed E-state index contributed by atoms with van der Waals surface area (Å²) in [5.41, 5.74) is 4.33. The van der Waals surface area contributed by atoms with E-state index in [1.54, 1.807) is 12.3 Å². The summed E-state index contributed by atoms with van der Waals surface area (Å²) in [6.07, 6.45) is 1.77. The Labute approximate surface area is 171 Å². The van der Waals surface area contributed by atoms with Gasteiger partial charge in [-0.05, 0) is 63.8 Å². The molecule has 1 N–H and O–H groups in total. The van der Waals surface area contributed by atoms with Gasteiger partial charge in [-0.2, -0.15) is 0 Å². The van der Waals surface area contributed by atoms with Gasteiger partial charge in [-0.15, -0.1) is 0 Å². The summed E-state index contributed by atoms with van der Waals surface area (Å²) in [6.45, 7) is 4.94. The second kappa shape index (κ2) is 9.01. The molecule has 29 heavy (non-hydrogen) atoms. The first-order valence-electron chi connectivity index (χ1n) is 9.63. The van der Waals surface area contributed by atoms with Crippen LogP contribution in [0.3, 0.4) is 0 Å². The van der Waals surface area contributed by atoms with Gasteiger partial charge < -0.3 is 14.8 Å². The van der Waals surface area contributed by atoms with Crippen LogP contribution < -0.4 is 5.32 Å². The van der Waals surface area contributed by atoms with Gasteiger partial charge in [0.25, 0.3) is 5.91 Å². The minimum Gasteiger partial charge on any atom is -0.350 e. The minimum atomic E-state index is -0.279. The molecule has 1 aromatic carbocycles. The number of carbonyl (C=O) groups excluding carboxylic acids is 1. The normalized spacial score (nSPS) is 12.2. The van der Waals surface area contributed by atoms with Gasteiger partial charge in [0.05, 0.1) is 23.8 Å². The average molecular weight is 394 g/mol. The highest BCUT2D eigenvalue weighted by atomic mass is 19.1. The van der Waals surface area contributed by atoms with E-state index >= 15 is 0 Å². The molecule has 0 bridgehead atoms. The number of amides is 1. The SMILES string of the molecule is Cc1cc(C(=O)NCC(c2cccc(F)c2)N(C)C)c(C)n1Cc1ccccn1. The minimum absolute atomic E-state index is 0.119. The number of pyridine rings is 1. The van der Waals surface area contributed by atoms with E-state index in [0.29, 0.717) is 18.7 Å². The van der Waals surface area contributed by atoms with E-state index < -0.39 is 0 Å². The number of nitrogens with zero attached hydrogens (tertiary/aromatic N) is 3. The zero-order valence-corrected chi connectivity index (χ0v) is 17.3. The largest absolute Gasteiger partial charge is 0.350 e. The van der Waals surface area contributed by atoms with E-state index in [2.05, 4.69) is 14.9 Å². The standard InChI is InChI=1S/C23H27FN4O/c1-16-12-21(17(2)28(16)15-20-10-5-6-11-25-20)23(29)26-14-22(27(3)4)18-8-7-9-19(24)13-18/h5-13,22H,14-15H2,1-4H3,(H,26,29). The van der Waals surface area contributed by atoms with Crippen LogP contribution in [0.25, 0.3) is 0 Å². The smallest absolute Gasteiger partial charge is 0.253 e. The molecule has 6 heteroatoms. The van der Waals surface area contributed by atoms with Crippen molar-refractivity contribution in [3.05, 3.63) is 88.8 Å². The number of carbonyl (C=O) groups is 1. The third-order valence-corrected chi connectivity index (χ3v) is 5.18. The highest BCUT2D eigenvalue weighted by Crippen LogP contribution is 2.20. The van der Waals surface area contributed by atoms with Crippen molar-refractivity contribution in [2.75, 3.05) is 20.6 Å². The maximum absolute atomic E-state index is 13.6. The van der Waals surface area contributed by atoms with Crippen LogP contribution in [0.1, 0.15) is 39.0 Å². The summed E-state index contributed by atoms with van der Waals surface area (Å²) >= 11 is 0. The fraction of sp³-hybridized carbons (Fsp3) is 0.304. The fourth-order valence-electron chi connectivity index (χ4n) is 3.52. The molecule has 0 radical (unpaired) electrons. The van der Waals surface area contributed by atoms with Crippen molar-refractivity contribution in [2.45, 2.75) is 26.4 Å². The number of hydrogen-bond donors (Lipinski definition) is 1. The van der Waals surface area contributed by atoms with Crippen LogP contribution in [0, 0.1) is 19.7 Å². The van der Waals surface area contributed by atoms with Crippen LogP contribution in [-0.2, 0) is 6.54 Å². The number of halogens is 1.